The van der Waals surface area contributed by atoms with Crippen LogP contribution >= 0.6 is 24.0 Å². The Morgan fingerprint density at radius 2 is 2.36 bits per heavy atom. The van der Waals surface area contributed by atoms with Crippen LogP contribution in [0.1, 0.15) is 11.5 Å². The van der Waals surface area contributed by atoms with Gasteiger partial charge in [-0.15, -0.1) is 24.0 Å². The van der Waals surface area contributed by atoms with Crippen LogP contribution in [0.4, 0.5) is 0 Å². The van der Waals surface area contributed by atoms with Crippen molar-refractivity contribution in [3.05, 3.63) is 42.4 Å². The maximum Gasteiger partial charge on any atom is 0.123 e. The highest BCUT2D eigenvalue weighted by molar-refractivity contribution is 6.16. The molecule has 2 heterocycles. The van der Waals surface area contributed by atoms with E-state index in [-0.39, 0.29) is 12.4 Å². The van der Waals surface area contributed by atoms with Gasteiger partial charge in [0, 0.05) is 6.20 Å². The molecule has 0 amide bonds. The summed E-state index contributed by atoms with van der Waals surface area (Å²) in [5, 5.41) is 0. The first-order valence-corrected chi connectivity index (χ1v) is 4.51. The van der Waals surface area contributed by atoms with Crippen LogP contribution < -0.4 is 0 Å². The molecule has 3 nitrogen and oxygen atoms in total. The Kier molecular flexibility index (Phi) is 4.04. The first-order valence-electron chi connectivity index (χ1n) is 3.97. The van der Waals surface area contributed by atoms with Gasteiger partial charge in [-0.25, -0.2) is 4.98 Å². The van der Waals surface area contributed by atoms with Crippen molar-refractivity contribution in [1.29, 1.82) is 0 Å². The van der Waals surface area contributed by atoms with E-state index in [1.54, 1.807) is 18.8 Å². The molecule has 0 unspecified atom stereocenters. The molecule has 0 aliphatic heterocycles. The fraction of sp³-hybridized carbons (Fsp3) is 0.222. The SMILES string of the molecule is Cl.ClCc1cncn1Cc1ccco1. The summed E-state index contributed by atoms with van der Waals surface area (Å²) in [6.07, 6.45) is 5.17. The fourth-order valence-electron chi connectivity index (χ4n) is 1.17. The monoisotopic (exact) mass is 232 g/mol. The van der Waals surface area contributed by atoms with Crippen molar-refractivity contribution in [2.75, 3.05) is 0 Å². The molecule has 76 valence electrons. The number of hydrogen-bond acceptors (Lipinski definition) is 2. The Morgan fingerprint density at radius 3 is 3.00 bits per heavy atom. The maximum absolute atomic E-state index is 5.72. The number of rotatable bonds is 3. The van der Waals surface area contributed by atoms with E-state index in [9.17, 15) is 0 Å². The smallest absolute Gasteiger partial charge is 0.123 e. The van der Waals surface area contributed by atoms with Gasteiger partial charge >= 0.3 is 0 Å². The molecule has 0 atom stereocenters. The van der Waals surface area contributed by atoms with Crippen molar-refractivity contribution in [2.45, 2.75) is 12.4 Å². The van der Waals surface area contributed by atoms with Crippen LogP contribution in [-0.4, -0.2) is 9.55 Å². The highest BCUT2D eigenvalue weighted by Gasteiger charge is 2.02. The van der Waals surface area contributed by atoms with E-state index in [0.717, 1.165) is 11.5 Å². The van der Waals surface area contributed by atoms with E-state index < -0.39 is 0 Å². The van der Waals surface area contributed by atoms with Crippen LogP contribution in [-0.2, 0) is 12.4 Å². The number of hydrogen-bond donors (Lipinski definition) is 0. The molecule has 14 heavy (non-hydrogen) atoms. The first kappa shape index (κ1) is 11.1. The zero-order valence-corrected chi connectivity index (χ0v) is 8.96. The Bertz CT molecular complexity index is 370. The molecule has 0 saturated heterocycles. The summed E-state index contributed by atoms with van der Waals surface area (Å²) in [5.74, 6) is 1.38. The van der Waals surface area contributed by atoms with Crippen LogP contribution in [0.15, 0.2) is 35.3 Å². The molecule has 0 bridgehead atoms. The maximum atomic E-state index is 5.72. The second kappa shape index (κ2) is 5.08. The van der Waals surface area contributed by atoms with Gasteiger partial charge < -0.3 is 8.98 Å². The molecule has 0 aliphatic rings. The Balaban J connectivity index is 0.000000980. The molecular weight excluding hydrogens is 223 g/mol. The van der Waals surface area contributed by atoms with Crippen molar-refractivity contribution in [3.8, 4) is 0 Å². The van der Waals surface area contributed by atoms with Crippen molar-refractivity contribution in [1.82, 2.24) is 9.55 Å². The normalized spacial score (nSPS) is 9.79. The van der Waals surface area contributed by atoms with Crippen molar-refractivity contribution < 1.29 is 4.42 Å². The van der Waals surface area contributed by atoms with E-state index in [1.165, 1.54) is 0 Å². The summed E-state index contributed by atoms with van der Waals surface area (Å²) < 4.78 is 7.18. The van der Waals surface area contributed by atoms with E-state index in [1.807, 2.05) is 16.7 Å². The lowest BCUT2D eigenvalue weighted by atomic mass is 10.4. The quantitative estimate of drug-likeness (QED) is 0.763. The molecule has 0 N–H and O–H groups in total. The second-order valence-corrected chi connectivity index (χ2v) is 2.99. The van der Waals surface area contributed by atoms with Gasteiger partial charge in [0.1, 0.15) is 5.76 Å². The second-order valence-electron chi connectivity index (χ2n) is 2.73. The third kappa shape index (κ3) is 2.30. The zero-order valence-electron chi connectivity index (χ0n) is 7.39. The van der Waals surface area contributed by atoms with Crippen molar-refractivity contribution in [3.63, 3.8) is 0 Å². The van der Waals surface area contributed by atoms with Gasteiger partial charge in [-0.3, -0.25) is 0 Å². The molecule has 0 spiro atoms. The lowest BCUT2D eigenvalue weighted by Crippen LogP contribution is -2.00. The standard InChI is InChI=1S/C9H9ClN2O.ClH/c10-4-8-5-11-7-12(8)6-9-2-1-3-13-9;/h1-3,5,7H,4,6H2;1H. The minimum atomic E-state index is 0. The third-order valence-electron chi connectivity index (χ3n) is 1.84. The molecule has 5 heteroatoms. The fourth-order valence-corrected chi connectivity index (χ4v) is 1.39. The summed E-state index contributed by atoms with van der Waals surface area (Å²) >= 11 is 5.72. The summed E-state index contributed by atoms with van der Waals surface area (Å²) in [4.78, 5) is 4.01. The molecule has 0 aliphatic carbocycles. The van der Waals surface area contributed by atoms with Gasteiger partial charge in [-0.2, -0.15) is 0 Å². The van der Waals surface area contributed by atoms with E-state index in [2.05, 4.69) is 4.98 Å². The van der Waals surface area contributed by atoms with Gasteiger partial charge in [0.05, 0.1) is 30.7 Å². The van der Waals surface area contributed by atoms with Crippen LogP contribution in [0.5, 0.6) is 0 Å². The molecule has 2 rings (SSSR count). The predicted octanol–water partition coefficient (Wildman–Crippen LogP) is 2.69. The number of halogens is 2. The minimum Gasteiger partial charge on any atom is -0.467 e. The molecule has 2 aromatic rings. The lowest BCUT2D eigenvalue weighted by molar-refractivity contribution is 0.491. The zero-order chi connectivity index (χ0) is 9.10. The number of imidazole rings is 1. The summed E-state index contributed by atoms with van der Waals surface area (Å²) in [6.45, 7) is 0.690. The molecule has 0 fully saturated rings. The average Bonchev–Trinajstić information content (AvgIpc) is 2.76. The van der Waals surface area contributed by atoms with E-state index in [0.29, 0.717) is 12.4 Å². The lowest BCUT2D eigenvalue weighted by Gasteiger charge is -2.02. The first-order chi connectivity index (χ1) is 6.40. The van der Waals surface area contributed by atoms with Gasteiger partial charge in [-0.1, -0.05) is 0 Å². The van der Waals surface area contributed by atoms with Crippen LogP contribution in [0, 0.1) is 0 Å². The highest BCUT2D eigenvalue weighted by Crippen LogP contribution is 2.08. The van der Waals surface area contributed by atoms with E-state index >= 15 is 0 Å². The van der Waals surface area contributed by atoms with E-state index in [4.69, 9.17) is 16.0 Å². The molecular formula is C9H10Cl2N2O. The topological polar surface area (TPSA) is 31.0 Å². The van der Waals surface area contributed by atoms with Crippen molar-refractivity contribution >= 4 is 24.0 Å². The van der Waals surface area contributed by atoms with Crippen molar-refractivity contribution in [2.24, 2.45) is 0 Å². The highest BCUT2D eigenvalue weighted by atomic mass is 35.5. The molecule has 2 aromatic heterocycles. The van der Waals surface area contributed by atoms with Gasteiger partial charge in [0.15, 0.2) is 0 Å². The average molecular weight is 233 g/mol. The number of aromatic nitrogens is 2. The van der Waals surface area contributed by atoms with Gasteiger partial charge in [0.2, 0.25) is 0 Å². The largest absolute Gasteiger partial charge is 0.467 e. The predicted molar refractivity (Wildman–Crippen MR) is 56.8 cm³/mol. The summed E-state index contributed by atoms with van der Waals surface area (Å²) in [7, 11) is 0. The van der Waals surface area contributed by atoms with Crippen LogP contribution in [0.2, 0.25) is 0 Å². The summed E-state index contributed by atoms with van der Waals surface area (Å²) in [6, 6.07) is 3.80. The van der Waals surface area contributed by atoms with Crippen LogP contribution in [0.25, 0.3) is 0 Å². The van der Waals surface area contributed by atoms with Gasteiger partial charge in [0.25, 0.3) is 0 Å². The Morgan fingerprint density at radius 1 is 1.50 bits per heavy atom. The van der Waals surface area contributed by atoms with Gasteiger partial charge in [-0.05, 0) is 12.1 Å². The summed E-state index contributed by atoms with van der Waals surface area (Å²) in [5.41, 5.74) is 0.998. The molecule has 0 radical (unpaired) electrons. The minimum absolute atomic E-state index is 0. The molecule has 0 aromatic carbocycles. The van der Waals surface area contributed by atoms with Crippen LogP contribution in [0.3, 0.4) is 0 Å². The number of furan rings is 1. The Labute approximate surface area is 93.1 Å². The number of alkyl halides is 1. The third-order valence-corrected chi connectivity index (χ3v) is 2.12. The number of nitrogens with zero attached hydrogens (tertiary/aromatic N) is 2. The molecule has 0 saturated carbocycles. The Hall–Kier alpha value is -0.930.